The molecule has 2 unspecified atom stereocenters. The fraction of sp³-hybridized carbons (Fsp3) is 0.826. The molecule has 0 spiro atoms. The molecule has 2 aliphatic carbocycles. The highest BCUT2D eigenvalue weighted by Crippen LogP contribution is 2.38. The molecule has 2 heterocycles. The van der Waals surface area contributed by atoms with E-state index < -0.39 is 5.54 Å². The summed E-state index contributed by atoms with van der Waals surface area (Å²) < 4.78 is 0. The number of hydrogen-bond donors (Lipinski definition) is 1. The van der Waals surface area contributed by atoms with Crippen LogP contribution in [0.3, 0.4) is 0 Å². The van der Waals surface area contributed by atoms with Gasteiger partial charge in [0.1, 0.15) is 12.5 Å². The summed E-state index contributed by atoms with van der Waals surface area (Å²) in [5.74, 6) is 1.04. The molecule has 31 heavy (non-hydrogen) atoms. The van der Waals surface area contributed by atoms with E-state index in [0.717, 1.165) is 19.4 Å². The molecule has 7 nitrogen and oxygen atoms in total. The zero-order valence-electron chi connectivity index (χ0n) is 19.2. The van der Waals surface area contributed by atoms with Gasteiger partial charge in [-0.2, -0.15) is 4.98 Å². The van der Waals surface area contributed by atoms with E-state index in [1.807, 2.05) is 0 Å². The van der Waals surface area contributed by atoms with Crippen LogP contribution in [0, 0.1) is 5.92 Å². The summed E-state index contributed by atoms with van der Waals surface area (Å²) in [6.07, 6.45) is 13.5. The summed E-state index contributed by atoms with van der Waals surface area (Å²) >= 11 is 6.01. The highest BCUT2D eigenvalue weighted by molar-refractivity contribution is 6.28. The second-order valence-corrected chi connectivity index (χ2v) is 10.5. The van der Waals surface area contributed by atoms with E-state index >= 15 is 0 Å². The summed E-state index contributed by atoms with van der Waals surface area (Å²) in [4.78, 5) is 31.0. The van der Waals surface area contributed by atoms with E-state index in [4.69, 9.17) is 11.6 Å². The maximum atomic E-state index is 14.0. The first-order chi connectivity index (χ1) is 14.9. The Morgan fingerprint density at radius 2 is 1.71 bits per heavy atom. The van der Waals surface area contributed by atoms with E-state index in [9.17, 15) is 4.79 Å². The van der Waals surface area contributed by atoms with Crippen LogP contribution in [-0.4, -0.2) is 61.0 Å². The molecule has 0 radical (unpaired) electrons. The summed E-state index contributed by atoms with van der Waals surface area (Å²) in [6, 6.07) is 0.818. The summed E-state index contributed by atoms with van der Waals surface area (Å²) in [7, 11) is 0. The molecule has 8 heteroatoms. The molecule has 1 saturated heterocycles. The Hall–Kier alpha value is -1.47. The van der Waals surface area contributed by atoms with Crippen molar-refractivity contribution in [1.29, 1.82) is 0 Å². The quantitative estimate of drug-likeness (QED) is 0.715. The molecule has 1 aromatic heterocycles. The molecular weight excluding hydrogens is 412 g/mol. The lowest BCUT2D eigenvalue weighted by molar-refractivity contribution is -0.161. The fourth-order valence-electron chi connectivity index (χ4n) is 6.26. The third-order valence-corrected chi connectivity index (χ3v) is 7.77. The maximum absolute atomic E-state index is 14.0. The summed E-state index contributed by atoms with van der Waals surface area (Å²) in [6.45, 7) is 7.24. The topological polar surface area (TPSA) is 74.2 Å². The van der Waals surface area contributed by atoms with Crippen molar-refractivity contribution in [3.05, 3.63) is 11.6 Å². The van der Waals surface area contributed by atoms with Crippen molar-refractivity contribution < 1.29 is 4.79 Å². The van der Waals surface area contributed by atoms with Gasteiger partial charge in [0, 0.05) is 18.6 Å². The Balaban J connectivity index is 1.60. The molecule has 3 fully saturated rings. The normalized spacial score (nSPS) is 27.3. The molecule has 2 atom stereocenters. The van der Waals surface area contributed by atoms with Gasteiger partial charge >= 0.3 is 0 Å². The van der Waals surface area contributed by atoms with Crippen molar-refractivity contribution in [2.24, 2.45) is 5.92 Å². The van der Waals surface area contributed by atoms with Gasteiger partial charge in [0.25, 0.3) is 0 Å². The molecule has 1 N–H and O–H groups in total. The van der Waals surface area contributed by atoms with Crippen LogP contribution in [0.4, 0.5) is 5.95 Å². The fourth-order valence-corrected chi connectivity index (χ4v) is 6.39. The average molecular weight is 449 g/mol. The highest BCUT2D eigenvalue weighted by atomic mass is 35.5. The third-order valence-electron chi connectivity index (χ3n) is 7.59. The second-order valence-electron chi connectivity index (χ2n) is 10.1. The minimum atomic E-state index is -0.523. The molecule has 172 valence electrons. The number of hydrogen-bond acceptors (Lipinski definition) is 6. The van der Waals surface area contributed by atoms with E-state index in [-0.39, 0.29) is 17.4 Å². The zero-order valence-corrected chi connectivity index (χ0v) is 19.9. The molecule has 0 aromatic carbocycles. The maximum Gasteiger partial charge on any atom is 0.244 e. The number of carbonyl (C=O) groups excluding carboxylic acids is 1. The van der Waals surface area contributed by atoms with Gasteiger partial charge in [-0.15, -0.1) is 0 Å². The Morgan fingerprint density at radius 3 is 2.35 bits per heavy atom. The molecule has 2 saturated carbocycles. The number of anilines is 1. The van der Waals surface area contributed by atoms with Gasteiger partial charge in [0.05, 0.1) is 5.54 Å². The minimum Gasteiger partial charge on any atom is -0.334 e. The van der Waals surface area contributed by atoms with Gasteiger partial charge in [-0.3, -0.25) is 9.69 Å². The Labute approximate surface area is 191 Å². The van der Waals surface area contributed by atoms with Gasteiger partial charge in [-0.05, 0) is 64.0 Å². The first kappa shape index (κ1) is 22.7. The van der Waals surface area contributed by atoms with Crippen molar-refractivity contribution in [2.45, 2.75) is 109 Å². The largest absolute Gasteiger partial charge is 0.334 e. The van der Waals surface area contributed by atoms with Crippen LogP contribution >= 0.6 is 11.6 Å². The Morgan fingerprint density at radius 1 is 1.06 bits per heavy atom. The van der Waals surface area contributed by atoms with Gasteiger partial charge in [-0.25, -0.2) is 9.97 Å². The predicted molar refractivity (Wildman–Crippen MR) is 123 cm³/mol. The van der Waals surface area contributed by atoms with E-state index in [0.29, 0.717) is 23.9 Å². The number of aromatic nitrogens is 3. The van der Waals surface area contributed by atoms with Gasteiger partial charge in [0.15, 0.2) is 0 Å². The third kappa shape index (κ3) is 4.82. The van der Waals surface area contributed by atoms with Crippen LogP contribution < -0.4 is 5.32 Å². The Bertz CT molecular complexity index is 762. The lowest BCUT2D eigenvalue weighted by Crippen LogP contribution is -2.71. The van der Waals surface area contributed by atoms with Gasteiger partial charge in [-0.1, -0.05) is 38.5 Å². The zero-order chi connectivity index (χ0) is 22.0. The lowest BCUT2D eigenvalue weighted by atomic mass is 9.83. The van der Waals surface area contributed by atoms with Crippen molar-refractivity contribution in [2.75, 3.05) is 11.9 Å². The second kappa shape index (κ2) is 9.57. The number of nitrogens with one attached hydrogen (secondary N) is 1. The van der Waals surface area contributed by atoms with Crippen LogP contribution in [0.5, 0.6) is 0 Å². The monoisotopic (exact) mass is 448 g/mol. The molecule has 3 aliphatic rings. The average Bonchev–Trinajstić information content (AvgIpc) is 2.76. The van der Waals surface area contributed by atoms with Crippen LogP contribution in [0.15, 0.2) is 6.33 Å². The summed E-state index contributed by atoms with van der Waals surface area (Å²) in [5, 5.41) is 3.65. The van der Waals surface area contributed by atoms with E-state index in [1.54, 1.807) is 0 Å². The number of nitrogens with zero attached hydrogens (tertiary/aromatic N) is 5. The van der Waals surface area contributed by atoms with Gasteiger partial charge < -0.3 is 10.2 Å². The summed E-state index contributed by atoms with van der Waals surface area (Å²) in [5.41, 5.74) is -0.523. The minimum absolute atomic E-state index is 0.124. The molecule has 4 rings (SSSR count). The highest BCUT2D eigenvalue weighted by Gasteiger charge is 2.50. The lowest BCUT2D eigenvalue weighted by Gasteiger charge is -2.56. The molecular formula is C23H37ClN6O. The number of halogens is 1. The van der Waals surface area contributed by atoms with E-state index in [2.05, 4.69) is 50.8 Å². The molecule has 1 aromatic rings. The standard InChI is InChI=1S/C23H37ClN6O/c1-16-14-29(20(31)23(2,3)30(16)18-12-8-5-9-13-18)19(17-10-6-4-7-11-17)27-22-26-15-25-21(24)28-22/h15-19H,4-14H2,1-3H3,(H,25,26,27,28). The predicted octanol–water partition coefficient (Wildman–Crippen LogP) is 4.49. The van der Waals surface area contributed by atoms with Crippen molar-refractivity contribution in [3.8, 4) is 0 Å². The SMILES string of the molecule is CC1CN(C(Nc2ncnc(Cl)n2)C2CCCCC2)C(=O)C(C)(C)N1C1CCCCC1. The van der Waals surface area contributed by atoms with Crippen LogP contribution in [0.25, 0.3) is 0 Å². The van der Waals surface area contributed by atoms with Gasteiger partial charge in [0.2, 0.25) is 17.1 Å². The van der Waals surface area contributed by atoms with Crippen LogP contribution in [0.1, 0.15) is 85.0 Å². The first-order valence-electron chi connectivity index (χ1n) is 12.1. The van der Waals surface area contributed by atoms with Crippen LogP contribution in [0.2, 0.25) is 5.28 Å². The first-order valence-corrected chi connectivity index (χ1v) is 12.5. The van der Waals surface area contributed by atoms with Crippen LogP contribution in [-0.2, 0) is 4.79 Å². The Kier molecular flexibility index (Phi) is 7.01. The van der Waals surface area contributed by atoms with Crippen molar-refractivity contribution in [3.63, 3.8) is 0 Å². The van der Waals surface area contributed by atoms with Crippen molar-refractivity contribution >= 4 is 23.5 Å². The van der Waals surface area contributed by atoms with Crippen molar-refractivity contribution in [1.82, 2.24) is 24.8 Å². The van der Waals surface area contributed by atoms with E-state index in [1.165, 1.54) is 57.7 Å². The number of piperazine rings is 1. The molecule has 1 amide bonds. The number of carbonyl (C=O) groups is 1. The molecule has 1 aliphatic heterocycles. The number of rotatable bonds is 5. The smallest absolute Gasteiger partial charge is 0.244 e. The molecule has 0 bridgehead atoms. The number of amides is 1.